The molecule has 4 heterocycles. The number of pyridine rings is 1. The van der Waals surface area contributed by atoms with E-state index in [1.54, 1.807) is 37.1 Å². The first-order valence-electron chi connectivity index (χ1n) is 11.3. The largest absolute Gasteiger partial charge is 0.389 e. The Morgan fingerprint density at radius 1 is 1.17 bits per heavy atom. The highest BCUT2D eigenvalue weighted by atomic mass is 16.5. The van der Waals surface area contributed by atoms with Gasteiger partial charge in [0.1, 0.15) is 17.6 Å². The van der Waals surface area contributed by atoms with Crippen LogP contribution in [0.1, 0.15) is 50.7 Å². The number of hydrogen-bond donors (Lipinski definition) is 2. The molecule has 4 aromatic heterocycles. The van der Waals surface area contributed by atoms with Crippen molar-refractivity contribution in [2.24, 2.45) is 5.92 Å². The van der Waals surface area contributed by atoms with E-state index in [4.69, 9.17) is 15.2 Å². The number of nitriles is 1. The molecule has 3 N–H and O–H groups in total. The van der Waals surface area contributed by atoms with E-state index in [-0.39, 0.29) is 11.5 Å². The Kier molecular flexibility index (Phi) is 5.33. The summed E-state index contributed by atoms with van der Waals surface area (Å²) < 4.78 is 7.26. The number of aliphatic hydroxyl groups is 1. The molecule has 1 atom stereocenters. The van der Waals surface area contributed by atoms with Gasteiger partial charge in [0.25, 0.3) is 5.89 Å². The van der Waals surface area contributed by atoms with Gasteiger partial charge in [-0.15, -0.1) is 0 Å². The molecule has 1 aliphatic carbocycles. The number of nitrogen functional groups attached to an aromatic ring is 1. The minimum Gasteiger partial charge on any atom is -0.389 e. The van der Waals surface area contributed by atoms with Gasteiger partial charge in [0, 0.05) is 12.4 Å². The lowest BCUT2D eigenvalue weighted by molar-refractivity contribution is 0.0577. The molecule has 0 bridgehead atoms. The fourth-order valence-electron chi connectivity index (χ4n) is 4.23. The smallest absolute Gasteiger partial charge is 0.261 e. The van der Waals surface area contributed by atoms with Gasteiger partial charge < -0.3 is 15.4 Å². The summed E-state index contributed by atoms with van der Waals surface area (Å²) in [5.41, 5.74) is 6.93. The molecule has 35 heavy (non-hydrogen) atoms. The molecule has 1 aliphatic rings. The molecule has 4 aromatic rings. The molecular formula is C24H25N9O2. The molecular weight excluding hydrogens is 446 g/mol. The monoisotopic (exact) mass is 471 g/mol. The van der Waals surface area contributed by atoms with Crippen molar-refractivity contribution >= 4 is 5.82 Å². The van der Waals surface area contributed by atoms with Crippen LogP contribution in [0.4, 0.5) is 5.82 Å². The van der Waals surface area contributed by atoms with Gasteiger partial charge in [0.05, 0.1) is 41.2 Å². The predicted octanol–water partition coefficient (Wildman–Crippen LogP) is 2.73. The zero-order valence-corrected chi connectivity index (χ0v) is 19.7. The summed E-state index contributed by atoms with van der Waals surface area (Å²) in [7, 11) is 0. The third-order valence-electron chi connectivity index (χ3n) is 6.22. The first kappa shape index (κ1) is 22.6. The summed E-state index contributed by atoms with van der Waals surface area (Å²) in [5, 5.41) is 28.0. The molecule has 0 amide bonds. The molecule has 11 nitrogen and oxygen atoms in total. The van der Waals surface area contributed by atoms with Crippen LogP contribution < -0.4 is 5.73 Å². The molecule has 1 saturated carbocycles. The second kappa shape index (κ2) is 8.25. The third kappa shape index (κ3) is 4.36. The maximum absolute atomic E-state index is 10.0. The minimum absolute atomic E-state index is 0.128. The Hall–Kier alpha value is -4.17. The zero-order valence-electron chi connectivity index (χ0n) is 19.7. The number of anilines is 1. The van der Waals surface area contributed by atoms with Gasteiger partial charge in [-0.3, -0.25) is 9.67 Å². The van der Waals surface area contributed by atoms with Gasteiger partial charge >= 0.3 is 0 Å². The molecule has 178 valence electrons. The van der Waals surface area contributed by atoms with Crippen molar-refractivity contribution < 1.29 is 9.63 Å². The zero-order chi connectivity index (χ0) is 24.8. The summed E-state index contributed by atoms with van der Waals surface area (Å²) in [6.45, 7) is 5.89. The minimum atomic E-state index is -0.890. The molecule has 11 heteroatoms. The van der Waals surface area contributed by atoms with E-state index in [2.05, 4.69) is 32.1 Å². The molecule has 1 fully saturated rings. The van der Waals surface area contributed by atoms with Crippen LogP contribution in [0.5, 0.6) is 0 Å². The van der Waals surface area contributed by atoms with E-state index >= 15 is 0 Å². The average Bonchev–Trinajstić information content (AvgIpc) is 3.39. The molecule has 0 unspecified atom stereocenters. The van der Waals surface area contributed by atoms with Gasteiger partial charge in [-0.25, -0.2) is 9.97 Å². The lowest BCUT2D eigenvalue weighted by Crippen LogP contribution is -2.28. The highest BCUT2D eigenvalue weighted by Gasteiger charge is 2.47. The van der Waals surface area contributed by atoms with Crippen molar-refractivity contribution in [2.45, 2.75) is 51.2 Å². The van der Waals surface area contributed by atoms with Crippen molar-refractivity contribution in [3.63, 3.8) is 0 Å². The first-order chi connectivity index (χ1) is 16.7. The lowest BCUT2D eigenvalue weighted by Gasteiger charge is -2.26. The average molecular weight is 472 g/mol. The maximum atomic E-state index is 10.0. The molecule has 0 aliphatic heterocycles. The van der Waals surface area contributed by atoms with Crippen LogP contribution in [0.2, 0.25) is 0 Å². The molecule has 0 radical (unpaired) electrons. The number of rotatable bonds is 7. The Labute approximate surface area is 201 Å². The fourth-order valence-corrected chi connectivity index (χ4v) is 4.23. The second-order valence-corrected chi connectivity index (χ2v) is 9.67. The topological polar surface area (TPSA) is 165 Å². The Bertz CT molecular complexity index is 1410. The van der Waals surface area contributed by atoms with Crippen LogP contribution >= 0.6 is 0 Å². The van der Waals surface area contributed by atoms with E-state index in [9.17, 15) is 10.4 Å². The fraction of sp³-hybridized carbons (Fsp3) is 0.375. The van der Waals surface area contributed by atoms with Gasteiger partial charge in [-0.05, 0) is 51.2 Å². The molecule has 0 spiro atoms. The van der Waals surface area contributed by atoms with Crippen LogP contribution in [-0.4, -0.2) is 45.6 Å². The SMILES string of the molecule is CC(C)(O)Cn1cc(-c2nc([C@](C)(c3ccc(-c4ncc(N)nc4C#N)nc3)C3CC3)no2)cn1. The third-order valence-corrected chi connectivity index (χ3v) is 6.22. The van der Waals surface area contributed by atoms with Gasteiger partial charge in [0.15, 0.2) is 11.5 Å². The second-order valence-electron chi connectivity index (χ2n) is 9.67. The molecule has 5 rings (SSSR count). The first-order valence-corrected chi connectivity index (χ1v) is 11.3. The predicted molar refractivity (Wildman–Crippen MR) is 125 cm³/mol. The van der Waals surface area contributed by atoms with Crippen LogP contribution in [-0.2, 0) is 12.0 Å². The number of aromatic nitrogens is 7. The van der Waals surface area contributed by atoms with Crippen molar-refractivity contribution in [3.05, 3.63) is 54.0 Å². The van der Waals surface area contributed by atoms with E-state index < -0.39 is 11.0 Å². The number of nitrogens with two attached hydrogens (primary N) is 1. The van der Waals surface area contributed by atoms with Crippen molar-refractivity contribution in [1.29, 1.82) is 5.26 Å². The van der Waals surface area contributed by atoms with Crippen LogP contribution in [0.25, 0.3) is 22.8 Å². The highest BCUT2D eigenvalue weighted by Crippen LogP contribution is 2.50. The number of hydrogen-bond acceptors (Lipinski definition) is 10. The van der Waals surface area contributed by atoms with E-state index in [1.807, 2.05) is 18.2 Å². The Morgan fingerprint density at radius 2 is 1.97 bits per heavy atom. The maximum Gasteiger partial charge on any atom is 0.261 e. The summed E-state index contributed by atoms with van der Waals surface area (Å²) in [6.07, 6.45) is 8.70. The molecule has 0 aromatic carbocycles. The van der Waals surface area contributed by atoms with Crippen molar-refractivity contribution in [1.82, 2.24) is 34.9 Å². The van der Waals surface area contributed by atoms with Gasteiger partial charge in [0.2, 0.25) is 0 Å². The van der Waals surface area contributed by atoms with Gasteiger partial charge in [-0.1, -0.05) is 11.2 Å². The van der Waals surface area contributed by atoms with Crippen LogP contribution in [0.15, 0.2) is 41.4 Å². The highest BCUT2D eigenvalue weighted by molar-refractivity contribution is 5.62. The van der Waals surface area contributed by atoms with Crippen molar-refractivity contribution in [3.8, 4) is 28.9 Å². The van der Waals surface area contributed by atoms with Crippen LogP contribution in [0.3, 0.4) is 0 Å². The van der Waals surface area contributed by atoms with Crippen molar-refractivity contribution in [2.75, 3.05) is 5.73 Å². The Morgan fingerprint density at radius 3 is 2.63 bits per heavy atom. The summed E-state index contributed by atoms with van der Waals surface area (Å²) >= 11 is 0. The normalized spacial score (nSPS) is 15.5. The quantitative estimate of drug-likeness (QED) is 0.409. The summed E-state index contributed by atoms with van der Waals surface area (Å²) in [4.78, 5) is 17.6. The van der Waals surface area contributed by atoms with E-state index in [0.717, 1.165) is 18.4 Å². The lowest BCUT2D eigenvalue weighted by atomic mass is 9.77. The standard InChI is InChI=1S/C24H25N9O2/c1-23(2,34)13-33-12-14(9-29-33)21-31-22(32-35-21)24(3,15-4-5-15)16-6-7-17(27-10-16)20-18(8-25)30-19(26)11-28-20/h6-7,9-12,15,34H,4-5,13H2,1-3H3,(H2,26,30)/t24-/m0/s1. The van der Waals surface area contributed by atoms with E-state index in [0.29, 0.717) is 41.1 Å². The molecule has 0 saturated heterocycles. The summed E-state index contributed by atoms with van der Waals surface area (Å²) in [6, 6.07) is 5.79. The summed E-state index contributed by atoms with van der Waals surface area (Å²) in [5.74, 6) is 1.48. The van der Waals surface area contributed by atoms with Gasteiger partial charge in [-0.2, -0.15) is 15.3 Å². The van der Waals surface area contributed by atoms with E-state index in [1.165, 1.54) is 6.20 Å². The number of nitrogens with zero attached hydrogens (tertiary/aromatic N) is 8. The van der Waals surface area contributed by atoms with Crippen LogP contribution in [0, 0.1) is 17.2 Å². The Balaban J connectivity index is 1.46.